The van der Waals surface area contributed by atoms with Crippen molar-refractivity contribution >= 4 is 33.6 Å². The van der Waals surface area contributed by atoms with E-state index in [1.165, 1.54) is 22.5 Å². The number of nitrogens with one attached hydrogen (secondary N) is 6. The Balaban J connectivity index is 1.37. The van der Waals surface area contributed by atoms with Crippen LogP contribution in [0.1, 0.15) is 71.0 Å². The van der Waals surface area contributed by atoms with E-state index in [-0.39, 0.29) is 29.3 Å². The minimum absolute atomic E-state index is 0.0963. The first-order valence-electron chi connectivity index (χ1n) is 15.7. The molecule has 5 rings (SSSR count). The number of H-pyrrole nitrogens is 1. The van der Waals surface area contributed by atoms with Gasteiger partial charge in [0.05, 0.1) is 24.0 Å². The monoisotopic (exact) mass is 650 g/mol. The van der Waals surface area contributed by atoms with E-state index in [1.54, 1.807) is 26.2 Å². The van der Waals surface area contributed by atoms with Gasteiger partial charge in [-0.25, -0.2) is 0 Å². The molecular weight excluding hydrogens is 608 g/mol. The first-order valence-corrected chi connectivity index (χ1v) is 17.1. The molecule has 1 aliphatic carbocycles. The van der Waals surface area contributed by atoms with Crippen molar-refractivity contribution in [3.8, 4) is 0 Å². The average Bonchev–Trinajstić information content (AvgIpc) is 3.71. The van der Waals surface area contributed by atoms with Crippen molar-refractivity contribution in [2.24, 2.45) is 5.92 Å². The molecule has 2 aromatic carbocycles. The van der Waals surface area contributed by atoms with Crippen LogP contribution < -0.4 is 30.3 Å². The summed E-state index contributed by atoms with van der Waals surface area (Å²) in [6.45, 7) is 5.07. The Hall–Kier alpha value is -4.27. The summed E-state index contributed by atoms with van der Waals surface area (Å²) >= 11 is 0. The second-order valence-electron chi connectivity index (χ2n) is 12.0. The van der Waals surface area contributed by atoms with Crippen LogP contribution in [0.3, 0.4) is 0 Å². The lowest BCUT2D eigenvalue weighted by molar-refractivity contribution is -0.122. The second kappa shape index (κ2) is 14.9. The molecule has 3 amide bonds. The van der Waals surface area contributed by atoms with E-state index < -0.39 is 40.1 Å². The molecule has 2 aliphatic rings. The van der Waals surface area contributed by atoms with E-state index in [0.29, 0.717) is 38.4 Å². The maximum atomic E-state index is 13.8. The lowest BCUT2D eigenvalue weighted by Crippen LogP contribution is -2.50. The van der Waals surface area contributed by atoms with Crippen molar-refractivity contribution in [3.63, 3.8) is 0 Å². The van der Waals surface area contributed by atoms with Crippen molar-refractivity contribution in [2.45, 2.75) is 57.7 Å². The molecule has 246 valence electrons. The van der Waals surface area contributed by atoms with E-state index in [9.17, 15) is 22.8 Å². The van der Waals surface area contributed by atoms with E-state index >= 15 is 0 Å². The Bertz CT molecular complexity index is 1610. The molecule has 2 heterocycles. The van der Waals surface area contributed by atoms with Gasteiger partial charge >= 0.3 is 10.2 Å². The first kappa shape index (κ1) is 33.1. The van der Waals surface area contributed by atoms with Crippen LogP contribution in [0.4, 0.5) is 5.69 Å². The summed E-state index contributed by atoms with van der Waals surface area (Å²) in [6, 6.07) is 12.8. The van der Waals surface area contributed by atoms with Gasteiger partial charge in [-0.15, -0.1) is 0 Å². The summed E-state index contributed by atoms with van der Waals surface area (Å²) < 4.78 is 29.5. The molecular formula is C32H42N8O5S. The number of hydrogen-bond donors (Lipinski definition) is 6. The Morgan fingerprint density at radius 2 is 1.74 bits per heavy atom. The fourth-order valence-corrected chi connectivity index (χ4v) is 6.55. The molecule has 14 heteroatoms. The molecule has 46 heavy (non-hydrogen) atoms. The number of carbonyl (C=O) groups is 3. The van der Waals surface area contributed by atoms with Crippen molar-refractivity contribution in [1.82, 2.24) is 36.2 Å². The summed E-state index contributed by atoms with van der Waals surface area (Å²) in [5.41, 5.74) is 2.23. The normalized spacial score (nSPS) is 17.8. The highest BCUT2D eigenvalue weighted by Gasteiger charge is 2.28. The minimum Gasteiger partial charge on any atom is -0.354 e. The Morgan fingerprint density at radius 1 is 1.02 bits per heavy atom. The van der Waals surface area contributed by atoms with Gasteiger partial charge in [-0.1, -0.05) is 30.3 Å². The Kier molecular flexibility index (Phi) is 10.7. The van der Waals surface area contributed by atoms with Gasteiger partial charge in [0.2, 0.25) is 5.91 Å². The fraction of sp³-hybridized carbons (Fsp3) is 0.438. The number of hydrogen-bond acceptors (Lipinski definition) is 7. The van der Waals surface area contributed by atoms with Crippen LogP contribution in [-0.4, -0.2) is 74.6 Å². The summed E-state index contributed by atoms with van der Waals surface area (Å²) in [6.07, 6.45) is 6.60. The van der Waals surface area contributed by atoms with Crippen molar-refractivity contribution < 1.29 is 22.8 Å². The lowest BCUT2D eigenvalue weighted by atomic mass is 10.0. The summed E-state index contributed by atoms with van der Waals surface area (Å²) in [4.78, 5) is 39.9. The van der Waals surface area contributed by atoms with Crippen LogP contribution in [0, 0.1) is 5.92 Å². The predicted molar refractivity (Wildman–Crippen MR) is 174 cm³/mol. The smallest absolute Gasteiger partial charge is 0.301 e. The molecule has 1 aromatic heterocycles. The molecule has 3 atom stereocenters. The number of anilines is 1. The fourth-order valence-electron chi connectivity index (χ4n) is 5.24. The topological polar surface area (TPSA) is 177 Å². The van der Waals surface area contributed by atoms with Gasteiger partial charge in [0.1, 0.15) is 0 Å². The first-order chi connectivity index (χ1) is 22.1. The number of rotatable bonds is 14. The molecule has 13 nitrogen and oxygen atoms in total. The van der Waals surface area contributed by atoms with Crippen molar-refractivity contribution in [3.05, 3.63) is 83.2 Å². The molecule has 3 aromatic rings. The van der Waals surface area contributed by atoms with Crippen LogP contribution in [-0.2, 0) is 21.4 Å². The zero-order valence-electron chi connectivity index (χ0n) is 26.1. The molecule has 1 saturated carbocycles. The van der Waals surface area contributed by atoms with Gasteiger partial charge in [0.25, 0.3) is 11.8 Å². The predicted octanol–water partition coefficient (Wildman–Crippen LogP) is 1.79. The molecule has 0 spiro atoms. The maximum absolute atomic E-state index is 13.8. The average molecular weight is 651 g/mol. The van der Waals surface area contributed by atoms with E-state index in [4.69, 9.17) is 0 Å². The molecule has 1 aliphatic heterocycles. The van der Waals surface area contributed by atoms with Crippen LogP contribution in [0.2, 0.25) is 0 Å². The maximum Gasteiger partial charge on any atom is 0.301 e. The summed E-state index contributed by atoms with van der Waals surface area (Å²) in [5.74, 6) is -0.482. The molecule has 0 radical (unpaired) electrons. The molecule has 6 N–H and O–H groups in total. The Labute approximate surface area is 269 Å². The number of benzene rings is 2. The highest BCUT2D eigenvalue weighted by Crippen LogP contribution is 2.27. The van der Waals surface area contributed by atoms with Crippen LogP contribution in [0.25, 0.3) is 0 Å². The third kappa shape index (κ3) is 8.92. The number of amides is 3. The highest BCUT2D eigenvalue weighted by atomic mass is 32.2. The number of nitrogens with zero attached hydrogens (tertiary/aromatic N) is 2. The largest absolute Gasteiger partial charge is 0.354 e. The number of carbonyl (C=O) groups excluding carboxylic acids is 3. The molecule has 1 unspecified atom stereocenters. The third-order valence-electron chi connectivity index (χ3n) is 8.20. The van der Waals surface area contributed by atoms with Crippen LogP contribution in [0.5, 0.6) is 0 Å². The van der Waals surface area contributed by atoms with Crippen molar-refractivity contribution in [2.75, 3.05) is 30.5 Å². The van der Waals surface area contributed by atoms with Crippen LogP contribution >= 0.6 is 0 Å². The van der Waals surface area contributed by atoms with Crippen molar-refractivity contribution in [1.29, 1.82) is 0 Å². The molecule has 1 saturated heterocycles. The van der Waals surface area contributed by atoms with Gasteiger partial charge in [-0.3, -0.25) is 23.8 Å². The quantitative estimate of drug-likeness (QED) is 0.154. The van der Waals surface area contributed by atoms with Gasteiger partial charge in [0.15, 0.2) is 0 Å². The van der Waals surface area contributed by atoms with Gasteiger partial charge in [-0.05, 0) is 69.2 Å². The standard InChI is InChI=1S/C32H42N8O5S/c1-21(27-18-35-36-19-27)38-31(42)25-14-26(16-29(15-25)40-12-6-11-37-46(40,44)45)32(43)39-28(13-23-7-4-3-5-8-23)20-33-22(2)30(41)34-17-24-9-10-24/h3-5,7-8,14-16,18-19,21-22,24,28,33,37H,6,9-13,17,20H2,1-2H3,(H,34,41)(H,35,36)(H,38,42)(H,39,43)/t21?,22-,28-/m0/s1. The third-order valence-corrected chi connectivity index (χ3v) is 9.74. The molecule has 0 bridgehead atoms. The van der Waals surface area contributed by atoms with Gasteiger partial charge in [-0.2, -0.15) is 18.2 Å². The summed E-state index contributed by atoms with van der Waals surface area (Å²) in [7, 11) is -3.86. The lowest BCUT2D eigenvalue weighted by Gasteiger charge is -2.29. The zero-order valence-corrected chi connectivity index (χ0v) is 26.9. The van der Waals surface area contributed by atoms with Gasteiger partial charge < -0.3 is 21.3 Å². The number of aromatic amines is 1. The SMILES string of the molecule is CC(NC(=O)c1cc(C(=O)N[C@H](CN[C@@H](C)C(=O)NCC2CC2)Cc2ccccc2)cc(N2CCCNS2(=O)=O)c1)c1cn[nH]c1. The second-order valence-corrected chi connectivity index (χ2v) is 13.7. The number of aromatic nitrogens is 2. The Morgan fingerprint density at radius 3 is 2.39 bits per heavy atom. The van der Waals surface area contributed by atoms with Gasteiger partial charge in [0, 0.05) is 55.1 Å². The summed E-state index contributed by atoms with van der Waals surface area (Å²) in [5, 5.41) is 18.8. The minimum atomic E-state index is -3.86. The van der Waals surface area contributed by atoms with Crippen LogP contribution in [0.15, 0.2) is 60.9 Å². The highest BCUT2D eigenvalue weighted by molar-refractivity contribution is 7.90. The molecule has 2 fully saturated rings. The van der Waals surface area contributed by atoms with E-state index in [0.717, 1.165) is 24.0 Å². The zero-order chi connectivity index (χ0) is 32.7. The van der Waals surface area contributed by atoms with E-state index in [1.807, 2.05) is 30.3 Å². The van der Waals surface area contributed by atoms with E-state index in [2.05, 4.69) is 36.2 Å².